The third-order valence-electron chi connectivity index (χ3n) is 8.13. The molecule has 0 radical (unpaired) electrons. The predicted molar refractivity (Wildman–Crippen MR) is 172 cm³/mol. The Morgan fingerprint density at radius 1 is 0.744 bits per heavy atom. The van der Waals surface area contributed by atoms with E-state index in [1.54, 1.807) is 4.90 Å². The largest absolute Gasteiger partial charge is 0.489 e. The van der Waals surface area contributed by atoms with Gasteiger partial charge in [0, 0.05) is 31.6 Å². The highest BCUT2D eigenvalue weighted by Crippen LogP contribution is 2.25. The lowest BCUT2D eigenvalue weighted by Crippen LogP contribution is -2.51. The third kappa shape index (κ3) is 7.92. The topological polar surface area (TPSA) is 49.9 Å². The summed E-state index contributed by atoms with van der Waals surface area (Å²) in [6.07, 6.45) is 2.45. The zero-order valence-electron chi connectivity index (χ0n) is 25.5. The van der Waals surface area contributed by atoms with Crippen LogP contribution in [0.1, 0.15) is 66.2 Å². The van der Waals surface area contributed by atoms with E-state index in [1.807, 2.05) is 114 Å². The van der Waals surface area contributed by atoms with E-state index in [4.69, 9.17) is 4.74 Å². The number of nitrogens with zero attached hydrogens (tertiary/aromatic N) is 2. The van der Waals surface area contributed by atoms with Crippen molar-refractivity contribution in [3.8, 4) is 5.75 Å². The van der Waals surface area contributed by atoms with Crippen molar-refractivity contribution >= 4 is 11.8 Å². The molecule has 2 amide bonds. The summed E-state index contributed by atoms with van der Waals surface area (Å²) < 4.78 is 6.00. The summed E-state index contributed by atoms with van der Waals surface area (Å²) in [5.74, 6) is 0.638. The lowest BCUT2D eigenvalue weighted by atomic mass is 9.86. The number of carbonyl (C=O) groups excluding carboxylic acids is 2. The number of hydrogen-bond acceptors (Lipinski definition) is 3. The van der Waals surface area contributed by atoms with Crippen LogP contribution in [0, 0.1) is 0 Å². The Bertz CT molecular complexity index is 1470. The average molecular weight is 575 g/mol. The molecular formula is C38H42N2O3. The molecule has 5 heteroatoms. The van der Waals surface area contributed by atoms with Crippen molar-refractivity contribution in [1.82, 2.24) is 9.80 Å². The molecule has 0 N–H and O–H groups in total. The van der Waals surface area contributed by atoms with Crippen molar-refractivity contribution in [2.75, 3.05) is 13.1 Å². The molecule has 4 aromatic carbocycles. The van der Waals surface area contributed by atoms with Crippen molar-refractivity contribution < 1.29 is 14.3 Å². The van der Waals surface area contributed by atoms with Crippen LogP contribution in [0.2, 0.25) is 0 Å². The minimum atomic E-state index is -0.621. The van der Waals surface area contributed by atoms with Gasteiger partial charge >= 0.3 is 0 Å². The van der Waals surface area contributed by atoms with Gasteiger partial charge in [-0.05, 0) is 64.8 Å². The molecule has 222 valence electrons. The van der Waals surface area contributed by atoms with Crippen LogP contribution in [-0.2, 0) is 29.8 Å². The van der Waals surface area contributed by atoms with Crippen LogP contribution in [0.4, 0.5) is 0 Å². The number of hydrogen-bond donors (Lipinski definition) is 0. The minimum Gasteiger partial charge on any atom is -0.489 e. The van der Waals surface area contributed by atoms with E-state index in [1.165, 1.54) is 0 Å². The number of ether oxygens (including phenoxy) is 1. The maximum atomic E-state index is 14.3. The summed E-state index contributed by atoms with van der Waals surface area (Å²) in [6, 6.07) is 35.2. The second-order valence-corrected chi connectivity index (χ2v) is 12.4. The van der Waals surface area contributed by atoms with Gasteiger partial charge in [0.15, 0.2) is 0 Å². The average Bonchev–Trinajstić information content (AvgIpc) is 3.58. The van der Waals surface area contributed by atoms with Crippen LogP contribution < -0.4 is 4.74 Å². The van der Waals surface area contributed by atoms with Crippen molar-refractivity contribution in [3.63, 3.8) is 0 Å². The summed E-state index contributed by atoms with van der Waals surface area (Å²) in [5, 5.41) is 0. The van der Waals surface area contributed by atoms with E-state index in [2.05, 4.69) is 20.8 Å². The van der Waals surface area contributed by atoms with Gasteiger partial charge in [-0.15, -0.1) is 0 Å². The highest BCUT2D eigenvalue weighted by molar-refractivity contribution is 5.97. The number of carbonyl (C=O) groups is 2. The van der Waals surface area contributed by atoms with Gasteiger partial charge in [0.1, 0.15) is 18.4 Å². The highest BCUT2D eigenvalue weighted by atomic mass is 16.5. The van der Waals surface area contributed by atoms with E-state index >= 15 is 0 Å². The third-order valence-corrected chi connectivity index (χ3v) is 8.13. The number of likely N-dealkylation sites (tertiary alicyclic amines) is 1. The zero-order chi connectivity index (χ0) is 30.2. The van der Waals surface area contributed by atoms with E-state index in [-0.39, 0.29) is 17.2 Å². The number of rotatable bonds is 10. The molecule has 1 atom stereocenters. The SMILES string of the molecule is CC(C)(C)c1ccc(C(=O)N(Cc2ccc(OCc3ccccc3)cc2)C(Cc2ccccc2)C(=O)N2CCCC2)cc1. The molecule has 0 bridgehead atoms. The van der Waals surface area contributed by atoms with Gasteiger partial charge in [-0.3, -0.25) is 9.59 Å². The quantitative estimate of drug-likeness (QED) is 0.198. The van der Waals surface area contributed by atoms with Gasteiger partial charge in [0.2, 0.25) is 5.91 Å². The van der Waals surface area contributed by atoms with E-state index in [0.717, 1.165) is 53.9 Å². The summed E-state index contributed by atoms with van der Waals surface area (Å²) >= 11 is 0. The molecule has 0 aliphatic carbocycles. The normalized spacial score (nSPS) is 13.9. The van der Waals surface area contributed by atoms with Crippen LogP contribution in [-0.4, -0.2) is 40.7 Å². The lowest BCUT2D eigenvalue weighted by molar-refractivity contribution is -0.135. The smallest absolute Gasteiger partial charge is 0.254 e. The molecule has 5 rings (SSSR count). The Kier molecular flexibility index (Phi) is 9.61. The molecule has 5 nitrogen and oxygen atoms in total. The first-order valence-electron chi connectivity index (χ1n) is 15.3. The molecule has 0 aromatic heterocycles. The van der Waals surface area contributed by atoms with E-state index < -0.39 is 6.04 Å². The molecule has 1 heterocycles. The zero-order valence-corrected chi connectivity index (χ0v) is 25.5. The van der Waals surface area contributed by atoms with Gasteiger partial charge < -0.3 is 14.5 Å². The highest BCUT2D eigenvalue weighted by Gasteiger charge is 2.35. The summed E-state index contributed by atoms with van der Waals surface area (Å²) in [6.45, 7) is 8.75. The molecule has 0 saturated carbocycles. The second-order valence-electron chi connectivity index (χ2n) is 12.4. The van der Waals surface area contributed by atoms with Gasteiger partial charge in [0.25, 0.3) is 5.91 Å². The van der Waals surface area contributed by atoms with E-state index in [0.29, 0.717) is 25.1 Å². The predicted octanol–water partition coefficient (Wildman–Crippen LogP) is 7.44. The molecule has 1 aliphatic heterocycles. The Hall–Kier alpha value is -4.38. The molecule has 1 aliphatic rings. The summed E-state index contributed by atoms with van der Waals surface area (Å²) in [5.41, 5.74) is 4.81. The maximum absolute atomic E-state index is 14.3. The van der Waals surface area contributed by atoms with Crippen LogP contribution in [0.3, 0.4) is 0 Å². The fourth-order valence-electron chi connectivity index (χ4n) is 5.55. The fraction of sp³-hybridized carbons (Fsp3) is 0.316. The number of amides is 2. The Labute approximate surface area is 256 Å². The first-order valence-corrected chi connectivity index (χ1v) is 15.3. The number of benzene rings is 4. The Morgan fingerprint density at radius 2 is 1.33 bits per heavy atom. The van der Waals surface area contributed by atoms with Crippen LogP contribution >= 0.6 is 0 Å². The minimum absolute atomic E-state index is 0.0174. The van der Waals surface area contributed by atoms with Gasteiger partial charge in [-0.1, -0.05) is 106 Å². The van der Waals surface area contributed by atoms with Crippen LogP contribution in [0.15, 0.2) is 109 Å². The molecule has 1 fully saturated rings. The van der Waals surface area contributed by atoms with Gasteiger partial charge in [-0.25, -0.2) is 0 Å². The maximum Gasteiger partial charge on any atom is 0.254 e. The van der Waals surface area contributed by atoms with Crippen molar-refractivity contribution in [1.29, 1.82) is 0 Å². The fourth-order valence-corrected chi connectivity index (χ4v) is 5.55. The standard InChI is InChI=1S/C38H42N2O3/c1-38(2,3)33-20-18-32(19-21-33)36(41)40(27-30-16-22-34(23-17-30)43-28-31-14-8-5-9-15-31)35(26-29-12-6-4-7-13-29)37(42)39-24-10-11-25-39/h4-9,12-23,35H,10-11,24-28H2,1-3H3. The molecular weight excluding hydrogens is 532 g/mol. The van der Waals surface area contributed by atoms with Gasteiger partial charge in [-0.2, -0.15) is 0 Å². The monoisotopic (exact) mass is 574 g/mol. The summed E-state index contributed by atoms with van der Waals surface area (Å²) in [4.78, 5) is 32.1. The molecule has 0 spiro atoms. The Morgan fingerprint density at radius 3 is 1.91 bits per heavy atom. The molecule has 43 heavy (non-hydrogen) atoms. The lowest BCUT2D eigenvalue weighted by Gasteiger charge is -2.34. The van der Waals surface area contributed by atoms with Crippen LogP contribution in [0.25, 0.3) is 0 Å². The van der Waals surface area contributed by atoms with Crippen LogP contribution in [0.5, 0.6) is 5.75 Å². The second kappa shape index (κ2) is 13.7. The first kappa shape index (κ1) is 30.1. The molecule has 4 aromatic rings. The van der Waals surface area contributed by atoms with Crippen molar-refractivity contribution in [3.05, 3.63) is 137 Å². The first-order chi connectivity index (χ1) is 20.8. The van der Waals surface area contributed by atoms with E-state index in [9.17, 15) is 9.59 Å². The Balaban J connectivity index is 1.44. The van der Waals surface area contributed by atoms with Gasteiger partial charge in [0.05, 0.1) is 0 Å². The molecule has 1 saturated heterocycles. The molecule has 1 unspecified atom stereocenters. The summed E-state index contributed by atoms with van der Waals surface area (Å²) in [7, 11) is 0. The van der Waals surface area contributed by atoms with Crippen molar-refractivity contribution in [2.24, 2.45) is 0 Å². The van der Waals surface area contributed by atoms with Crippen molar-refractivity contribution in [2.45, 2.75) is 64.6 Å².